The van der Waals surface area contributed by atoms with Gasteiger partial charge in [-0.2, -0.15) is 25.3 Å². The number of benzene rings is 1. The molecule has 0 radical (unpaired) electrons. The predicted octanol–water partition coefficient (Wildman–Crippen LogP) is 11.0. The summed E-state index contributed by atoms with van der Waals surface area (Å²) in [7, 11) is 1.42. The summed E-state index contributed by atoms with van der Waals surface area (Å²) in [4.78, 5) is 33.3. The van der Waals surface area contributed by atoms with E-state index in [1.165, 1.54) is 112 Å². The minimum absolute atomic E-state index is 0.0207. The molecule has 0 aliphatic heterocycles. The molecule has 3 nitrogen and oxygen atoms in total. The van der Waals surface area contributed by atoms with Crippen molar-refractivity contribution in [3.63, 3.8) is 0 Å². The third-order valence-electron chi connectivity index (χ3n) is 7.73. The second-order valence-electron chi connectivity index (χ2n) is 11.2. The molecule has 232 valence electrons. The summed E-state index contributed by atoms with van der Waals surface area (Å²) in [5, 5.41) is -0.698. The van der Waals surface area contributed by atoms with Crippen molar-refractivity contribution in [1.82, 2.24) is 0 Å². The van der Waals surface area contributed by atoms with Crippen molar-refractivity contribution < 1.29 is 14.5 Å². The Hall–Kier alpha value is -0.350. The Morgan fingerprint density at radius 3 is 1.07 bits per heavy atom. The molecule has 0 amide bonds. The van der Waals surface area contributed by atoms with Gasteiger partial charge in [-0.15, -0.1) is 0 Å². The number of rotatable bonds is 26. The van der Waals surface area contributed by atoms with Gasteiger partial charge in [-0.25, -0.2) is 0 Å². The molecule has 0 heterocycles. The van der Waals surface area contributed by atoms with Crippen molar-refractivity contribution in [3.8, 4) is 0 Å². The zero-order valence-corrected chi connectivity index (χ0v) is 28.7. The number of carbonyl (C=O) groups is 2. The van der Waals surface area contributed by atoms with Crippen molar-refractivity contribution in [1.29, 1.82) is 0 Å². The molecule has 1 aromatic rings. The van der Waals surface area contributed by atoms with E-state index < -0.39 is 0 Å². The molecular formula is C34H61O3PS2. The van der Waals surface area contributed by atoms with E-state index in [1.54, 1.807) is 12.1 Å². The van der Waals surface area contributed by atoms with Gasteiger partial charge in [0.2, 0.25) is 0 Å². The molecule has 40 heavy (non-hydrogen) atoms. The Morgan fingerprint density at radius 1 is 0.550 bits per heavy atom. The lowest BCUT2D eigenvalue weighted by atomic mass is 9.94. The second-order valence-corrected chi connectivity index (χ2v) is 12.5. The van der Waals surface area contributed by atoms with Crippen LogP contribution in [0.15, 0.2) is 24.3 Å². The van der Waals surface area contributed by atoms with E-state index in [9.17, 15) is 9.59 Å². The standard InChI is InChI=1S/C34H58O2S2.H3OP/c1-3-5-7-9-11-13-15-17-19-21-27-31(37)33(35)29-25-23-24-26-30(29)34(36)32(38)28-22-20-18-16-14-12-10-8-6-4-2;1-2/h23-26,31-32,37-38H,3-22,27-28H2,1-2H3;1H,2H2. The molecule has 0 spiro atoms. The molecule has 0 aliphatic carbocycles. The summed E-state index contributed by atoms with van der Waals surface area (Å²) in [6.07, 6.45) is 27.1. The van der Waals surface area contributed by atoms with Crippen LogP contribution in [-0.4, -0.2) is 27.0 Å². The molecule has 3 unspecified atom stereocenters. The summed E-state index contributed by atoms with van der Waals surface area (Å²) in [5.41, 5.74) is 1.04. The van der Waals surface area contributed by atoms with E-state index in [-0.39, 0.29) is 22.1 Å². The normalized spacial score (nSPS) is 12.4. The Bertz CT molecular complexity index is 683. The van der Waals surface area contributed by atoms with Gasteiger partial charge in [0, 0.05) is 11.1 Å². The monoisotopic (exact) mass is 612 g/mol. The predicted molar refractivity (Wildman–Crippen MR) is 186 cm³/mol. The van der Waals surface area contributed by atoms with Gasteiger partial charge in [0.15, 0.2) is 11.6 Å². The van der Waals surface area contributed by atoms with Gasteiger partial charge in [0.05, 0.1) is 10.5 Å². The number of carbonyl (C=O) groups excluding carboxylic acids is 2. The van der Waals surface area contributed by atoms with E-state index in [2.05, 4.69) is 39.1 Å². The first-order chi connectivity index (χ1) is 19.5. The maximum atomic E-state index is 13.2. The molecule has 1 aromatic carbocycles. The first-order valence-electron chi connectivity index (χ1n) is 16.3. The lowest BCUT2D eigenvalue weighted by molar-refractivity contribution is 0.0953. The van der Waals surface area contributed by atoms with E-state index in [1.807, 2.05) is 12.1 Å². The maximum Gasteiger partial charge on any atom is 0.176 e. The van der Waals surface area contributed by atoms with Gasteiger partial charge in [-0.3, -0.25) is 9.59 Å². The van der Waals surface area contributed by atoms with E-state index in [0.717, 1.165) is 38.5 Å². The van der Waals surface area contributed by atoms with Crippen LogP contribution in [0.4, 0.5) is 0 Å². The fourth-order valence-corrected chi connectivity index (χ4v) is 5.83. The molecule has 0 saturated carbocycles. The smallest absolute Gasteiger partial charge is 0.176 e. The lowest BCUT2D eigenvalue weighted by Gasteiger charge is -2.15. The Labute approximate surface area is 260 Å². The number of ketones is 2. The second kappa shape index (κ2) is 28.8. The number of hydrogen-bond acceptors (Lipinski definition) is 5. The van der Waals surface area contributed by atoms with Crippen LogP contribution in [0, 0.1) is 0 Å². The number of thiol groups is 2. The summed E-state index contributed by atoms with van der Waals surface area (Å²) < 4.78 is 0. The van der Waals surface area contributed by atoms with Crippen molar-refractivity contribution in [2.45, 2.75) is 166 Å². The van der Waals surface area contributed by atoms with Gasteiger partial charge in [-0.05, 0) is 22.3 Å². The van der Waals surface area contributed by atoms with E-state index in [0.29, 0.717) is 11.1 Å². The molecule has 0 bridgehead atoms. The topological polar surface area (TPSA) is 54.4 Å². The summed E-state index contributed by atoms with van der Waals surface area (Å²) >= 11 is 9.27. The molecule has 0 saturated heterocycles. The Morgan fingerprint density at radius 2 is 0.800 bits per heavy atom. The van der Waals surface area contributed by atoms with Crippen LogP contribution in [0.5, 0.6) is 0 Å². The molecule has 1 rings (SSSR count). The Balaban J connectivity index is 0.00000742. The highest BCUT2D eigenvalue weighted by Gasteiger charge is 2.24. The molecule has 0 aliphatic rings. The number of Topliss-reactive ketones (excluding diaryl/α,β-unsaturated/α-hetero) is 2. The number of hydrogen-bond donors (Lipinski definition) is 3. The third kappa shape index (κ3) is 19.7. The minimum atomic E-state index is -0.349. The van der Waals surface area contributed by atoms with Gasteiger partial charge in [0.1, 0.15) is 0 Å². The van der Waals surface area contributed by atoms with Gasteiger partial charge >= 0.3 is 0 Å². The van der Waals surface area contributed by atoms with Crippen LogP contribution in [0.2, 0.25) is 0 Å². The van der Waals surface area contributed by atoms with E-state index in [4.69, 9.17) is 4.89 Å². The van der Waals surface area contributed by atoms with Crippen molar-refractivity contribution >= 4 is 46.3 Å². The molecule has 0 aromatic heterocycles. The summed E-state index contributed by atoms with van der Waals surface area (Å²) in [5.74, 6) is -0.0413. The maximum absolute atomic E-state index is 13.2. The molecular weight excluding hydrogens is 551 g/mol. The molecule has 3 atom stereocenters. The zero-order chi connectivity index (χ0) is 29.8. The quantitative estimate of drug-likeness (QED) is 0.0422. The average Bonchev–Trinajstić information content (AvgIpc) is 2.99. The molecule has 6 heteroatoms. The Kier molecular flexibility index (Phi) is 28.5. The number of unbranched alkanes of at least 4 members (excludes halogenated alkanes) is 18. The van der Waals surface area contributed by atoms with Crippen LogP contribution in [0.25, 0.3) is 0 Å². The van der Waals surface area contributed by atoms with Gasteiger partial charge in [0.25, 0.3) is 0 Å². The van der Waals surface area contributed by atoms with E-state index >= 15 is 0 Å². The largest absolute Gasteiger partial charge is 0.380 e. The fourth-order valence-electron chi connectivity index (χ4n) is 5.18. The van der Waals surface area contributed by atoms with Gasteiger partial charge in [-0.1, -0.05) is 167 Å². The van der Waals surface area contributed by atoms with Crippen LogP contribution in [0.1, 0.15) is 176 Å². The molecule has 0 fully saturated rings. The van der Waals surface area contributed by atoms with Crippen LogP contribution >= 0.6 is 34.7 Å². The highest BCUT2D eigenvalue weighted by atomic mass is 32.1. The average molecular weight is 613 g/mol. The first kappa shape index (κ1) is 39.6. The third-order valence-corrected chi connectivity index (χ3v) is 8.71. The van der Waals surface area contributed by atoms with Crippen LogP contribution in [0.3, 0.4) is 0 Å². The lowest BCUT2D eigenvalue weighted by Crippen LogP contribution is -2.22. The highest BCUT2D eigenvalue weighted by Crippen LogP contribution is 2.23. The van der Waals surface area contributed by atoms with Crippen molar-refractivity contribution in [2.75, 3.05) is 0 Å². The fraction of sp³-hybridized carbons (Fsp3) is 0.765. The van der Waals surface area contributed by atoms with Crippen LogP contribution < -0.4 is 0 Å². The summed E-state index contributed by atoms with van der Waals surface area (Å²) in [6, 6.07) is 7.28. The minimum Gasteiger partial charge on any atom is -0.380 e. The SMILES string of the molecule is CCCCCCCCCCCCC(S)C(=O)c1ccccc1C(=O)C(S)CCCCCCCCCCCC.OP. The van der Waals surface area contributed by atoms with Gasteiger partial charge < -0.3 is 4.89 Å². The zero-order valence-electron chi connectivity index (χ0n) is 25.8. The first-order valence-corrected chi connectivity index (χ1v) is 17.9. The van der Waals surface area contributed by atoms with Crippen molar-refractivity contribution in [3.05, 3.63) is 35.4 Å². The van der Waals surface area contributed by atoms with Crippen LogP contribution in [-0.2, 0) is 0 Å². The highest BCUT2D eigenvalue weighted by molar-refractivity contribution is 7.82. The van der Waals surface area contributed by atoms with Crippen molar-refractivity contribution in [2.24, 2.45) is 0 Å². The summed E-state index contributed by atoms with van der Waals surface area (Å²) in [6.45, 7) is 4.51. The molecule has 1 N–H and O–H groups in total.